The maximum absolute atomic E-state index is 13.9. The minimum Gasteiger partial charge on any atom is -0.458 e. The molecule has 13 heteroatoms. The molecule has 3 N–H and O–H groups in total. The lowest BCUT2D eigenvalue weighted by Crippen LogP contribution is -2.69. The first-order valence-electron chi connectivity index (χ1n) is 13.3. The van der Waals surface area contributed by atoms with Crippen LogP contribution in [0.4, 0.5) is 0 Å². The smallest absolute Gasteiger partial charge is 0.327 e. The lowest BCUT2D eigenvalue weighted by Gasteiger charge is -2.48. The van der Waals surface area contributed by atoms with E-state index in [1.54, 1.807) is 20.2 Å². The van der Waals surface area contributed by atoms with E-state index in [0.717, 1.165) is 11.1 Å². The van der Waals surface area contributed by atoms with Crippen molar-refractivity contribution in [3.05, 3.63) is 41.5 Å². The number of likely N-dealkylation sites (N-methyl/N-ethyl adjacent to an activating group) is 1. The van der Waals surface area contributed by atoms with Gasteiger partial charge in [0.1, 0.15) is 36.6 Å². The van der Waals surface area contributed by atoms with E-state index >= 15 is 0 Å². The number of hydrogen-bond donors (Lipinski definition) is 3. The zero-order chi connectivity index (χ0) is 28.4. The minimum atomic E-state index is -1.33. The lowest BCUT2D eigenvalue weighted by atomic mass is 9.62. The third-order valence-electron chi connectivity index (χ3n) is 7.79. The van der Waals surface area contributed by atoms with E-state index in [1.165, 1.54) is 16.0 Å². The van der Waals surface area contributed by atoms with Crippen molar-refractivity contribution >= 4 is 29.8 Å². The molecule has 6 atom stereocenters. The summed E-state index contributed by atoms with van der Waals surface area (Å²) in [6.45, 7) is 0.100. The molecule has 1 saturated carbocycles. The Labute approximate surface area is 231 Å². The van der Waals surface area contributed by atoms with Gasteiger partial charge < -0.3 is 34.9 Å². The van der Waals surface area contributed by atoms with E-state index in [-0.39, 0.29) is 57.7 Å². The predicted molar refractivity (Wildman–Crippen MR) is 138 cm³/mol. The van der Waals surface area contributed by atoms with E-state index in [0.29, 0.717) is 0 Å². The third-order valence-corrected chi connectivity index (χ3v) is 7.79. The van der Waals surface area contributed by atoms with Crippen LogP contribution in [0.1, 0.15) is 24.0 Å². The lowest BCUT2D eigenvalue weighted by molar-refractivity contribution is -0.201. The first-order valence-corrected chi connectivity index (χ1v) is 13.3. The average molecular weight is 559 g/mol. The van der Waals surface area contributed by atoms with Gasteiger partial charge in [0.25, 0.3) is 0 Å². The number of fused-ring (bicyclic) bond motifs is 4. The second kappa shape index (κ2) is 11.6. The maximum atomic E-state index is 13.9. The summed E-state index contributed by atoms with van der Waals surface area (Å²) in [4.78, 5) is 59.3. The van der Waals surface area contributed by atoms with Crippen LogP contribution >= 0.6 is 0 Å². The SMILES string of the molecule is CN(C)C(=O)C=Cc1ccccc1CN1O[C@@H]2[C@H]3OCO[C@H]3[C@H]3C[C@]2(C(=O)NCCC(=O)NCCO)[C@@H]1C(=O)O3. The Bertz CT molecular complexity index is 1190. The van der Waals surface area contributed by atoms with Gasteiger partial charge in [-0.1, -0.05) is 24.3 Å². The van der Waals surface area contributed by atoms with Crippen molar-refractivity contribution in [1.82, 2.24) is 20.6 Å². The number of nitrogens with one attached hydrogen (secondary N) is 2. The van der Waals surface area contributed by atoms with E-state index < -0.39 is 47.7 Å². The molecule has 0 spiro atoms. The molecule has 13 nitrogen and oxygen atoms in total. The molecule has 4 fully saturated rings. The number of amides is 3. The first kappa shape index (κ1) is 28.2. The molecule has 2 bridgehead atoms. The number of rotatable bonds is 10. The van der Waals surface area contributed by atoms with Gasteiger partial charge in [-0.15, -0.1) is 0 Å². The molecule has 1 aromatic carbocycles. The molecule has 0 radical (unpaired) electrons. The van der Waals surface area contributed by atoms with Crippen LogP contribution in [-0.2, 0) is 44.8 Å². The highest BCUT2D eigenvalue weighted by atomic mass is 16.8. The summed E-state index contributed by atoms with van der Waals surface area (Å²) in [5.41, 5.74) is 0.196. The molecule has 0 unspecified atom stereocenters. The quantitative estimate of drug-likeness (QED) is 0.239. The molecule has 3 aliphatic heterocycles. The molecule has 40 heavy (non-hydrogen) atoms. The van der Waals surface area contributed by atoms with Gasteiger partial charge in [0.15, 0.2) is 6.04 Å². The number of carbonyl (C=O) groups excluding carboxylic acids is 4. The van der Waals surface area contributed by atoms with Gasteiger partial charge in [-0.25, -0.2) is 0 Å². The normalized spacial score (nSPS) is 30.6. The fraction of sp³-hybridized carbons (Fsp3) is 0.556. The third kappa shape index (κ3) is 5.10. The summed E-state index contributed by atoms with van der Waals surface area (Å²) in [6, 6.07) is 6.32. The molecular weight excluding hydrogens is 524 g/mol. The molecule has 1 aromatic rings. The Morgan fingerprint density at radius 1 is 1.15 bits per heavy atom. The van der Waals surface area contributed by atoms with Crippen LogP contribution in [0.5, 0.6) is 0 Å². The van der Waals surface area contributed by atoms with Crippen LogP contribution < -0.4 is 10.6 Å². The van der Waals surface area contributed by atoms with Crippen LogP contribution in [0.2, 0.25) is 0 Å². The van der Waals surface area contributed by atoms with Crippen molar-refractivity contribution in [2.45, 2.75) is 49.8 Å². The highest BCUT2D eigenvalue weighted by Gasteiger charge is 2.74. The minimum absolute atomic E-state index is 0.00659. The highest BCUT2D eigenvalue weighted by Crippen LogP contribution is 2.55. The van der Waals surface area contributed by atoms with Gasteiger partial charge in [0.05, 0.1) is 13.2 Å². The number of hydrogen-bond acceptors (Lipinski definition) is 10. The summed E-state index contributed by atoms with van der Waals surface area (Å²) in [7, 11) is 3.32. The van der Waals surface area contributed by atoms with Crippen LogP contribution in [-0.4, -0.2) is 110 Å². The molecule has 3 amide bonds. The van der Waals surface area contributed by atoms with Crippen molar-refractivity contribution < 1.29 is 43.3 Å². The number of carbonyl (C=O) groups is 4. The summed E-state index contributed by atoms with van der Waals surface area (Å²) < 4.78 is 17.3. The molecular formula is C27H34N4O9. The topological polar surface area (TPSA) is 156 Å². The van der Waals surface area contributed by atoms with Gasteiger partial charge in [-0.05, 0) is 17.2 Å². The summed E-state index contributed by atoms with van der Waals surface area (Å²) in [5, 5.41) is 15.7. The standard InChI is InChI=1S/C27H34N4O9/c1-30(2)20(34)8-7-16-5-3-4-6-17(16)14-31-23-25(35)39-18-13-27(23,24(40-31)22-21(18)37-15-38-22)26(36)29-10-9-19(33)28-11-12-32/h3-8,18,21-24,32H,9-15H2,1-2H3,(H,28,33)(H,29,36)/t18-,21+,22+,23+,24-,27+/m1/s1. The van der Waals surface area contributed by atoms with Crippen molar-refractivity contribution in [2.24, 2.45) is 5.41 Å². The molecule has 3 saturated heterocycles. The van der Waals surface area contributed by atoms with Crippen LogP contribution in [0.3, 0.4) is 0 Å². The van der Waals surface area contributed by atoms with Crippen molar-refractivity contribution in [1.29, 1.82) is 0 Å². The van der Waals surface area contributed by atoms with Gasteiger partial charge in [-0.2, -0.15) is 5.06 Å². The Morgan fingerprint density at radius 2 is 1.93 bits per heavy atom. The average Bonchev–Trinajstić information content (AvgIpc) is 3.56. The predicted octanol–water partition coefficient (Wildman–Crippen LogP) is -1.06. The number of ether oxygens (including phenoxy) is 3. The Kier molecular flexibility index (Phi) is 8.19. The number of esters is 1. The number of nitrogens with zero attached hydrogens (tertiary/aromatic N) is 2. The molecule has 216 valence electrons. The molecule has 5 rings (SSSR count). The molecule has 0 aromatic heterocycles. The second-order valence-corrected chi connectivity index (χ2v) is 10.4. The number of benzene rings is 1. The van der Waals surface area contributed by atoms with Crippen molar-refractivity contribution in [2.75, 3.05) is 40.6 Å². The first-order chi connectivity index (χ1) is 19.3. The summed E-state index contributed by atoms with van der Waals surface area (Å²) in [6.07, 6.45) is 0.645. The van der Waals surface area contributed by atoms with E-state index in [4.69, 9.17) is 24.2 Å². The van der Waals surface area contributed by atoms with E-state index in [1.807, 2.05) is 24.3 Å². The fourth-order valence-corrected chi connectivity index (χ4v) is 5.89. The highest BCUT2D eigenvalue weighted by molar-refractivity contribution is 5.94. The van der Waals surface area contributed by atoms with E-state index in [2.05, 4.69) is 10.6 Å². The van der Waals surface area contributed by atoms with Gasteiger partial charge in [0, 0.05) is 46.1 Å². The van der Waals surface area contributed by atoms with Gasteiger partial charge in [0.2, 0.25) is 17.7 Å². The summed E-state index contributed by atoms with van der Waals surface area (Å²) in [5.74, 6) is -1.52. The van der Waals surface area contributed by atoms with Crippen molar-refractivity contribution in [3.8, 4) is 0 Å². The summed E-state index contributed by atoms with van der Waals surface area (Å²) >= 11 is 0. The largest absolute Gasteiger partial charge is 0.458 e. The van der Waals surface area contributed by atoms with Crippen LogP contribution in [0, 0.1) is 5.41 Å². The van der Waals surface area contributed by atoms with Gasteiger partial charge >= 0.3 is 5.97 Å². The molecule has 1 aliphatic carbocycles. The zero-order valence-electron chi connectivity index (χ0n) is 22.4. The number of hydroxylamine groups is 2. The van der Waals surface area contributed by atoms with Gasteiger partial charge in [-0.3, -0.25) is 24.0 Å². The van der Waals surface area contributed by atoms with Crippen molar-refractivity contribution in [3.63, 3.8) is 0 Å². The molecule has 4 aliphatic rings. The molecule has 3 heterocycles. The Balaban J connectivity index is 1.41. The monoisotopic (exact) mass is 558 g/mol. The number of aliphatic hydroxyl groups excluding tert-OH is 1. The maximum Gasteiger partial charge on any atom is 0.327 e. The number of aliphatic hydroxyl groups is 1. The fourth-order valence-electron chi connectivity index (χ4n) is 5.89. The Morgan fingerprint density at radius 3 is 2.70 bits per heavy atom. The zero-order valence-corrected chi connectivity index (χ0v) is 22.4. The second-order valence-electron chi connectivity index (χ2n) is 10.4. The van der Waals surface area contributed by atoms with E-state index in [9.17, 15) is 19.2 Å². The Hall–Kier alpha value is -3.36. The van der Waals surface area contributed by atoms with Crippen LogP contribution in [0.15, 0.2) is 30.3 Å². The van der Waals surface area contributed by atoms with Crippen LogP contribution in [0.25, 0.3) is 6.08 Å².